The van der Waals surface area contributed by atoms with Crippen LogP contribution in [-0.2, 0) is 9.53 Å². The van der Waals surface area contributed by atoms with Crippen LogP contribution in [0.3, 0.4) is 0 Å². The second-order valence-electron chi connectivity index (χ2n) is 3.39. The van der Waals surface area contributed by atoms with Gasteiger partial charge in [-0.3, -0.25) is 0 Å². The first-order valence-electron chi connectivity index (χ1n) is 5.47. The average molecular weight is 216 g/mol. The number of hydrogen-bond donors (Lipinski definition) is 0. The van der Waals surface area contributed by atoms with Crippen molar-refractivity contribution in [2.24, 2.45) is 0 Å². The number of esters is 1. The first-order chi connectivity index (χ1) is 7.83. The molecule has 1 aromatic carbocycles. The number of unbranched alkanes of at least 4 members (excludes halogenated alkanes) is 1. The zero-order chi connectivity index (χ0) is 11.6. The zero-order valence-electron chi connectivity index (χ0n) is 9.48. The number of rotatable bonds is 5. The quantitative estimate of drug-likeness (QED) is 0.327. The molecule has 0 spiro atoms. The summed E-state index contributed by atoms with van der Waals surface area (Å²) < 4.78 is 4.94. The summed E-state index contributed by atoms with van der Waals surface area (Å²) in [5.41, 5.74) is 3.82. The number of carbonyl (C=O) groups is 1. The molecule has 0 radical (unpaired) electrons. The summed E-state index contributed by atoms with van der Waals surface area (Å²) in [4.78, 5) is 11.1. The maximum absolute atomic E-state index is 11.1. The summed E-state index contributed by atoms with van der Waals surface area (Å²) in [7, 11) is 0. The Labute approximate surface area is 96.2 Å². The fraction of sp³-hybridized carbons (Fsp3) is 0.286. The summed E-state index contributed by atoms with van der Waals surface area (Å²) in [5.74, 6) is -0.333. The maximum atomic E-state index is 11.1. The van der Waals surface area contributed by atoms with E-state index in [0.29, 0.717) is 6.61 Å². The van der Waals surface area contributed by atoms with Crippen molar-refractivity contribution in [1.82, 2.24) is 0 Å². The van der Waals surface area contributed by atoms with E-state index >= 15 is 0 Å². The number of carbonyl (C=O) groups excluding carboxylic acids is 1. The van der Waals surface area contributed by atoms with Crippen LogP contribution in [0, 0.1) is 0 Å². The van der Waals surface area contributed by atoms with Crippen LogP contribution in [0.1, 0.15) is 25.3 Å². The minimum Gasteiger partial charge on any atom is -0.462 e. The Morgan fingerprint density at radius 1 is 1.38 bits per heavy atom. The highest BCUT2D eigenvalue weighted by atomic mass is 16.5. The Morgan fingerprint density at radius 3 is 2.81 bits per heavy atom. The summed E-state index contributed by atoms with van der Waals surface area (Å²) in [6, 6.07) is 9.72. The van der Waals surface area contributed by atoms with Crippen LogP contribution >= 0.6 is 0 Å². The number of benzene rings is 1. The molecule has 0 saturated carbocycles. The molecule has 0 aliphatic heterocycles. The van der Waals surface area contributed by atoms with Gasteiger partial charge in [0, 0.05) is 0 Å². The van der Waals surface area contributed by atoms with Gasteiger partial charge in [-0.25, -0.2) is 4.79 Å². The van der Waals surface area contributed by atoms with Gasteiger partial charge < -0.3 is 4.74 Å². The molecule has 0 aliphatic rings. The predicted molar refractivity (Wildman–Crippen MR) is 64.9 cm³/mol. The van der Waals surface area contributed by atoms with Gasteiger partial charge in [0.2, 0.25) is 0 Å². The molecule has 0 atom stereocenters. The molecule has 2 nitrogen and oxygen atoms in total. The monoisotopic (exact) mass is 216 g/mol. The van der Waals surface area contributed by atoms with E-state index in [1.165, 1.54) is 6.08 Å². The Morgan fingerprint density at radius 2 is 2.12 bits per heavy atom. The molecule has 0 aromatic heterocycles. The van der Waals surface area contributed by atoms with E-state index in [0.717, 1.165) is 18.4 Å². The third-order valence-electron chi connectivity index (χ3n) is 1.99. The van der Waals surface area contributed by atoms with Gasteiger partial charge in [0.05, 0.1) is 12.7 Å². The van der Waals surface area contributed by atoms with Gasteiger partial charge in [0.15, 0.2) is 0 Å². The van der Waals surface area contributed by atoms with Crippen molar-refractivity contribution in [1.29, 1.82) is 0 Å². The molecule has 16 heavy (non-hydrogen) atoms. The van der Waals surface area contributed by atoms with Gasteiger partial charge in [-0.2, -0.15) is 0 Å². The van der Waals surface area contributed by atoms with Crippen LogP contribution in [0.2, 0.25) is 0 Å². The summed E-state index contributed by atoms with van der Waals surface area (Å²) >= 11 is 0. The second kappa shape index (κ2) is 7.49. The van der Waals surface area contributed by atoms with Crippen LogP contribution in [0.25, 0.3) is 6.08 Å². The lowest BCUT2D eigenvalue weighted by molar-refractivity contribution is -0.137. The molecule has 1 aromatic rings. The van der Waals surface area contributed by atoms with Gasteiger partial charge >= 0.3 is 5.97 Å². The first-order valence-corrected chi connectivity index (χ1v) is 5.47. The molecule has 0 aliphatic carbocycles. The number of hydrogen-bond acceptors (Lipinski definition) is 2. The van der Waals surface area contributed by atoms with Crippen LogP contribution in [0.4, 0.5) is 0 Å². The van der Waals surface area contributed by atoms with Crippen molar-refractivity contribution in [3.05, 3.63) is 47.7 Å². The normalized spacial score (nSPS) is 9.06. The highest BCUT2D eigenvalue weighted by molar-refractivity contribution is 5.82. The van der Waals surface area contributed by atoms with E-state index in [9.17, 15) is 4.79 Å². The van der Waals surface area contributed by atoms with E-state index in [1.54, 1.807) is 6.08 Å². The first kappa shape index (κ1) is 12.3. The summed E-state index contributed by atoms with van der Waals surface area (Å²) in [5, 5.41) is 0. The van der Waals surface area contributed by atoms with Crippen molar-refractivity contribution in [2.45, 2.75) is 19.8 Å². The highest BCUT2D eigenvalue weighted by Crippen LogP contribution is 1.99. The smallest absolute Gasteiger partial charge is 0.338 e. The molecular weight excluding hydrogens is 200 g/mol. The van der Waals surface area contributed by atoms with E-state index in [-0.39, 0.29) is 5.97 Å². The Hall–Kier alpha value is -1.79. The maximum Gasteiger partial charge on any atom is 0.338 e. The predicted octanol–water partition coefficient (Wildman–Crippen LogP) is 3.20. The van der Waals surface area contributed by atoms with Gasteiger partial charge in [-0.05, 0) is 18.1 Å². The highest BCUT2D eigenvalue weighted by Gasteiger charge is 1.93. The van der Waals surface area contributed by atoms with E-state index in [1.807, 2.05) is 30.3 Å². The lowest BCUT2D eigenvalue weighted by Gasteiger charge is -1.97. The molecule has 0 unspecified atom stereocenters. The minimum atomic E-state index is -0.333. The molecule has 0 saturated heterocycles. The molecule has 0 bridgehead atoms. The Kier molecular flexibility index (Phi) is 5.75. The fourth-order valence-electron chi connectivity index (χ4n) is 1.11. The third kappa shape index (κ3) is 5.18. The van der Waals surface area contributed by atoms with Crippen molar-refractivity contribution >= 4 is 12.0 Å². The lowest BCUT2D eigenvalue weighted by atomic mass is 10.2. The third-order valence-corrected chi connectivity index (χ3v) is 1.99. The lowest BCUT2D eigenvalue weighted by Crippen LogP contribution is -2.01. The topological polar surface area (TPSA) is 26.3 Å². The molecule has 0 heterocycles. The van der Waals surface area contributed by atoms with Crippen molar-refractivity contribution < 1.29 is 9.53 Å². The molecule has 2 heteroatoms. The standard InChI is InChI=1S/C14H16O2/c1-2-3-12-16-14(15)11-7-10-13-8-5-4-6-9-13/h4-6,8-11H,2-3,12H2,1H3. The van der Waals surface area contributed by atoms with Crippen molar-refractivity contribution in [3.8, 4) is 0 Å². The molecular formula is C14H16O2. The SMILES string of the molecule is CCCCOC(=O)C=C=Cc1ccccc1. The van der Waals surface area contributed by atoms with Gasteiger partial charge in [0.25, 0.3) is 0 Å². The second-order valence-corrected chi connectivity index (χ2v) is 3.39. The fourth-order valence-corrected chi connectivity index (χ4v) is 1.11. The molecule has 1 rings (SSSR count). The minimum absolute atomic E-state index is 0.333. The van der Waals surface area contributed by atoms with E-state index < -0.39 is 0 Å². The van der Waals surface area contributed by atoms with Gasteiger partial charge in [-0.15, -0.1) is 5.73 Å². The largest absolute Gasteiger partial charge is 0.462 e. The molecule has 84 valence electrons. The van der Waals surface area contributed by atoms with Crippen LogP contribution < -0.4 is 0 Å². The number of ether oxygens (including phenoxy) is 1. The molecule has 0 amide bonds. The summed E-state index contributed by atoms with van der Waals surface area (Å²) in [6.45, 7) is 2.54. The Balaban J connectivity index is 2.41. The Bertz CT molecular complexity index is 373. The van der Waals surface area contributed by atoms with Crippen LogP contribution in [-0.4, -0.2) is 12.6 Å². The summed E-state index contributed by atoms with van der Waals surface area (Å²) in [6.07, 6.45) is 5.00. The average Bonchev–Trinajstić information content (AvgIpc) is 2.31. The van der Waals surface area contributed by atoms with E-state index in [4.69, 9.17) is 4.74 Å². The van der Waals surface area contributed by atoms with Gasteiger partial charge in [-0.1, -0.05) is 43.7 Å². The van der Waals surface area contributed by atoms with Crippen molar-refractivity contribution in [3.63, 3.8) is 0 Å². The van der Waals surface area contributed by atoms with Crippen molar-refractivity contribution in [2.75, 3.05) is 6.61 Å². The van der Waals surface area contributed by atoms with E-state index in [2.05, 4.69) is 12.7 Å². The molecule has 0 N–H and O–H groups in total. The molecule has 0 fully saturated rings. The van der Waals surface area contributed by atoms with Gasteiger partial charge in [0.1, 0.15) is 0 Å². The zero-order valence-corrected chi connectivity index (χ0v) is 9.48. The van der Waals surface area contributed by atoms with Crippen LogP contribution in [0.15, 0.2) is 42.1 Å². The van der Waals surface area contributed by atoms with Crippen LogP contribution in [0.5, 0.6) is 0 Å².